The topological polar surface area (TPSA) is 75.9 Å². The number of tetrazole rings is 1. The van der Waals surface area contributed by atoms with Crippen LogP contribution in [0, 0.1) is 0 Å². The number of hydrogen-bond acceptors (Lipinski definition) is 5. The molecule has 1 atom stereocenters. The van der Waals surface area contributed by atoms with Crippen molar-refractivity contribution in [3.8, 4) is 5.69 Å². The number of aryl methyl sites for hydroxylation is 1. The Hall–Kier alpha value is -2.28. The van der Waals surface area contributed by atoms with E-state index in [1.807, 2.05) is 30.3 Å². The molecule has 0 spiro atoms. The van der Waals surface area contributed by atoms with Crippen LogP contribution >= 0.6 is 0 Å². The van der Waals surface area contributed by atoms with Gasteiger partial charge in [-0.2, -0.15) is 4.68 Å². The molecule has 0 unspecified atom stereocenters. The summed E-state index contributed by atoms with van der Waals surface area (Å²) in [6.45, 7) is 4.61. The molecule has 1 N–H and O–H groups in total. The fourth-order valence-corrected chi connectivity index (χ4v) is 3.26. The van der Waals surface area contributed by atoms with Crippen LogP contribution in [0.4, 0.5) is 0 Å². The van der Waals surface area contributed by atoms with Crippen LogP contribution in [0.1, 0.15) is 32.0 Å². The maximum Gasteiger partial charge on any atom is 0.217 e. The van der Waals surface area contributed by atoms with E-state index in [1.165, 1.54) is 0 Å². The number of amides is 1. The predicted octanol–water partition coefficient (Wildman–Crippen LogP) is 1.20. The summed E-state index contributed by atoms with van der Waals surface area (Å²) in [4.78, 5) is 13.6. The molecule has 7 nitrogen and oxygen atoms in total. The molecule has 3 rings (SSSR count). The van der Waals surface area contributed by atoms with Crippen LogP contribution in [0.5, 0.6) is 0 Å². The molecule has 2 aromatic rings. The minimum Gasteiger partial charge on any atom is -0.352 e. The zero-order valence-electron chi connectivity index (χ0n) is 14.1. The Balaban J connectivity index is 1.50. The number of piperidine rings is 1. The minimum atomic E-state index is 0.0592. The Bertz CT molecular complexity index is 656. The number of hydrogen-bond donors (Lipinski definition) is 1. The Kier molecular flexibility index (Phi) is 5.53. The van der Waals surface area contributed by atoms with Crippen molar-refractivity contribution in [2.75, 3.05) is 19.6 Å². The molecule has 1 amide bonds. The number of benzene rings is 1. The normalized spacial score (nSPS) is 18.5. The SMILES string of the molecule is CC(=O)N[C@H]1CCCN(CCCc2nnnn2-c2ccccc2)C1. The van der Waals surface area contributed by atoms with E-state index in [0.717, 1.165) is 56.8 Å². The van der Waals surface area contributed by atoms with Crippen LogP contribution in [-0.2, 0) is 11.2 Å². The largest absolute Gasteiger partial charge is 0.352 e. The Morgan fingerprint density at radius 2 is 2.17 bits per heavy atom. The fraction of sp³-hybridized carbons (Fsp3) is 0.529. The molecule has 1 aromatic carbocycles. The summed E-state index contributed by atoms with van der Waals surface area (Å²) < 4.78 is 1.80. The maximum atomic E-state index is 11.2. The van der Waals surface area contributed by atoms with Crippen molar-refractivity contribution < 1.29 is 4.79 Å². The van der Waals surface area contributed by atoms with Gasteiger partial charge in [0.05, 0.1) is 5.69 Å². The zero-order valence-corrected chi connectivity index (χ0v) is 14.1. The van der Waals surface area contributed by atoms with Crippen LogP contribution in [0.3, 0.4) is 0 Å². The van der Waals surface area contributed by atoms with Crippen molar-refractivity contribution in [2.24, 2.45) is 0 Å². The van der Waals surface area contributed by atoms with Gasteiger partial charge in [-0.1, -0.05) is 18.2 Å². The number of likely N-dealkylation sites (tertiary alicyclic amines) is 1. The predicted molar refractivity (Wildman–Crippen MR) is 90.8 cm³/mol. The van der Waals surface area contributed by atoms with Crippen molar-refractivity contribution in [1.29, 1.82) is 0 Å². The number of aromatic nitrogens is 4. The molecule has 7 heteroatoms. The molecule has 1 aliphatic heterocycles. The second-order valence-electron chi connectivity index (χ2n) is 6.29. The van der Waals surface area contributed by atoms with Gasteiger partial charge in [0.15, 0.2) is 5.82 Å². The molecular formula is C17H24N6O. The van der Waals surface area contributed by atoms with Gasteiger partial charge >= 0.3 is 0 Å². The molecular weight excluding hydrogens is 304 g/mol. The average molecular weight is 328 g/mol. The first-order valence-electron chi connectivity index (χ1n) is 8.54. The molecule has 0 saturated carbocycles. The molecule has 128 valence electrons. The van der Waals surface area contributed by atoms with Crippen LogP contribution in [-0.4, -0.2) is 56.7 Å². The van der Waals surface area contributed by atoms with E-state index < -0.39 is 0 Å². The number of carbonyl (C=O) groups is 1. The lowest BCUT2D eigenvalue weighted by atomic mass is 10.1. The number of para-hydroxylation sites is 1. The Morgan fingerprint density at radius 1 is 1.33 bits per heavy atom. The van der Waals surface area contributed by atoms with E-state index in [9.17, 15) is 4.79 Å². The third-order valence-corrected chi connectivity index (χ3v) is 4.32. The summed E-state index contributed by atoms with van der Waals surface area (Å²) in [5, 5.41) is 15.1. The highest BCUT2D eigenvalue weighted by atomic mass is 16.1. The number of rotatable bonds is 6. The highest BCUT2D eigenvalue weighted by Crippen LogP contribution is 2.12. The summed E-state index contributed by atoms with van der Waals surface area (Å²) in [6.07, 6.45) is 4.04. The van der Waals surface area contributed by atoms with Crippen LogP contribution in [0.25, 0.3) is 5.69 Å². The third kappa shape index (κ3) is 4.38. The lowest BCUT2D eigenvalue weighted by Crippen LogP contribution is -2.47. The van der Waals surface area contributed by atoms with Crippen molar-refractivity contribution in [3.05, 3.63) is 36.2 Å². The minimum absolute atomic E-state index is 0.0592. The molecule has 1 aromatic heterocycles. The quantitative estimate of drug-likeness (QED) is 0.862. The van der Waals surface area contributed by atoms with Crippen molar-refractivity contribution in [1.82, 2.24) is 30.4 Å². The fourth-order valence-electron chi connectivity index (χ4n) is 3.26. The van der Waals surface area contributed by atoms with E-state index in [2.05, 4.69) is 25.7 Å². The van der Waals surface area contributed by atoms with E-state index in [1.54, 1.807) is 11.6 Å². The average Bonchev–Trinajstić information content (AvgIpc) is 3.04. The van der Waals surface area contributed by atoms with Gasteiger partial charge in [-0.05, 0) is 54.9 Å². The second kappa shape index (κ2) is 8.01. The monoisotopic (exact) mass is 328 g/mol. The van der Waals surface area contributed by atoms with Gasteiger partial charge in [-0.3, -0.25) is 4.79 Å². The van der Waals surface area contributed by atoms with Crippen LogP contribution in [0.15, 0.2) is 30.3 Å². The van der Waals surface area contributed by atoms with E-state index >= 15 is 0 Å². The summed E-state index contributed by atoms with van der Waals surface area (Å²) in [5.74, 6) is 0.945. The van der Waals surface area contributed by atoms with Gasteiger partial charge in [0.25, 0.3) is 0 Å². The summed E-state index contributed by atoms with van der Waals surface area (Å²) in [7, 11) is 0. The smallest absolute Gasteiger partial charge is 0.217 e. The molecule has 0 bridgehead atoms. The summed E-state index contributed by atoms with van der Waals surface area (Å²) >= 11 is 0. The van der Waals surface area contributed by atoms with E-state index in [4.69, 9.17) is 0 Å². The first-order chi connectivity index (χ1) is 11.7. The highest BCUT2D eigenvalue weighted by molar-refractivity contribution is 5.73. The van der Waals surface area contributed by atoms with Gasteiger partial charge in [0.1, 0.15) is 0 Å². The van der Waals surface area contributed by atoms with Gasteiger partial charge < -0.3 is 10.2 Å². The van der Waals surface area contributed by atoms with Crippen LogP contribution in [0.2, 0.25) is 0 Å². The molecule has 1 aliphatic rings. The van der Waals surface area contributed by atoms with Crippen LogP contribution < -0.4 is 5.32 Å². The van der Waals surface area contributed by atoms with Gasteiger partial charge in [0, 0.05) is 25.9 Å². The van der Waals surface area contributed by atoms with Gasteiger partial charge in [-0.25, -0.2) is 0 Å². The molecule has 0 aliphatic carbocycles. The van der Waals surface area contributed by atoms with Crippen molar-refractivity contribution in [2.45, 2.75) is 38.6 Å². The van der Waals surface area contributed by atoms with E-state index in [-0.39, 0.29) is 11.9 Å². The molecule has 1 fully saturated rings. The Labute approximate surface area is 142 Å². The first-order valence-corrected chi connectivity index (χ1v) is 8.54. The lowest BCUT2D eigenvalue weighted by molar-refractivity contribution is -0.120. The number of carbonyl (C=O) groups excluding carboxylic acids is 1. The van der Waals surface area contributed by atoms with Gasteiger partial charge in [-0.15, -0.1) is 5.10 Å². The standard InChI is InChI=1S/C17H24N6O/c1-14(24)18-15-7-5-11-22(13-15)12-6-10-17-19-20-21-23(17)16-8-3-2-4-9-16/h2-4,8-9,15H,5-7,10-13H2,1H3,(H,18,24)/t15-/m0/s1. The molecule has 24 heavy (non-hydrogen) atoms. The highest BCUT2D eigenvalue weighted by Gasteiger charge is 2.20. The van der Waals surface area contributed by atoms with Crippen molar-refractivity contribution >= 4 is 5.91 Å². The number of nitrogens with one attached hydrogen (secondary N) is 1. The third-order valence-electron chi connectivity index (χ3n) is 4.32. The van der Waals surface area contributed by atoms with Gasteiger partial charge in [0.2, 0.25) is 5.91 Å². The molecule has 2 heterocycles. The first kappa shape index (κ1) is 16.6. The molecule has 1 saturated heterocycles. The maximum absolute atomic E-state index is 11.2. The van der Waals surface area contributed by atoms with Crippen molar-refractivity contribution in [3.63, 3.8) is 0 Å². The van der Waals surface area contributed by atoms with E-state index in [0.29, 0.717) is 0 Å². The Morgan fingerprint density at radius 3 is 2.96 bits per heavy atom. The summed E-state index contributed by atoms with van der Waals surface area (Å²) in [6, 6.07) is 10.2. The lowest BCUT2D eigenvalue weighted by Gasteiger charge is -2.32. The second-order valence-corrected chi connectivity index (χ2v) is 6.29. The number of nitrogens with zero attached hydrogens (tertiary/aromatic N) is 5. The molecule has 0 radical (unpaired) electrons. The zero-order chi connectivity index (χ0) is 16.8. The summed E-state index contributed by atoms with van der Waals surface area (Å²) in [5.41, 5.74) is 0.987.